The zero-order valence-corrected chi connectivity index (χ0v) is 12.4. The van der Waals surface area contributed by atoms with Gasteiger partial charge < -0.3 is 4.84 Å². The number of carbonyl (C=O) groups is 3. The van der Waals surface area contributed by atoms with Crippen LogP contribution >= 0.6 is 21.6 Å². The molecule has 5 nitrogen and oxygen atoms in total. The van der Waals surface area contributed by atoms with Gasteiger partial charge in [0.1, 0.15) is 0 Å². The molecule has 0 spiro atoms. The molecule has 1 heterocycles. The van der Waals surface area contributed by atoms with Crippen molar-refractivity contribution in [3.8, 4) is 0 Å². The van der Waals surface area contributed by atoms with Crippen LogP contribution in [-0.2, 0) is 19.2 Å². The molecule has 102 valence electrons. The lowest BCUT2D eigenvalue weighted by Gasteiger charge is -2.22. The Morgan fingerprint density at radius 1 is 1.33 bits per heavy atom. The third-order valence-electron chi connectivity index (χ3n) is 2.44. The van der Waals surface area contributed by atoms with Crippen molar-refractivity contribution >= 4 is 39.4 Å². The Balaban J connectivity index is 2.38. The average Bonchev–Trinajstić information content (AvgIpc) is 2.58. The van der Waals surface area contributed by atoms with Crippen LogP contribution in [0.3, 0.4) is 0 Å². The number of amides is 2. The lowest BCUT2D eigenvalue weighted by atomic mass is 10.1. The van der Waals surface area contributed by atoms with Crippen molar-refractivity contribution in [3.63, 3.8) is 0 Å². The summed E-state index contributed by atoms with van der Waals surface area (Å²) in [5.74, 6) is -1.41. The Hall–Kier alpha value is -0.690. The van der Waals surface area contributed by atoms with Gasteiger partial charge in [-0.1, -0.05) is 21.6 Å². The predicted octanol–water partition coefficient (Wildman–Crippen LogP) is 2.16. The third-order valence-corrected chi connectivity index (χ3v) is 5.11. The highest BCUT2D eigenvalue weighted by atomic mass is 33.1. The first-order chi connectivity index (χ1) is 8.35. The molecule has 0 unspecified atom stereocenters. The second kappa shape index (κ2) is 6.47. The van der Waals surface area contributed by atoms with Crippen LogP contribution in [0, 0.1) is 0 Å². The van der Waals surface area contributed by atoms with Gasteiger partial charge >= 0.3 is 5.97 Å². The standard InChI is InChI=1S/C11H17NO4S2/c1-11(2,18-17-3)7-6-10(15)16-12-8(13)4-5-9(12)14/h4-7H2,1-3H3. The van der Waals surface area contributed by atoms with Gasteiger partial charge in [0.25, 0.3) is 11.8 Å². The molecular formula is C11H17NO4S2. The summed E-state index contributed by atoms with van der Waals surface area (Å²) in [4.78, 5) is 38.8. The minimum Gasteiger partial charge on any atom is -0.330 e. The summed E-state index contributed by atoms with van der Waals surface area (Å²) in [7, 11) is 3.32. The number of imide groups is 1. The van der Waals surface area contributed by atoms with E-state index in [-0.39, 0.29) is 24.0 Å². The van der Waals surface area contributed by atoms with E-state index in [0.29, 0.717) is 11.5 Å². The minimum atomic E-state index is -0.534. The van der Waals surface area contributed by atoms with Gasteiger partial charge in [0, 0.05) is 24.0 Å². The van der Waals surface area contributed by atoms with Gasteiger partial charge in [-0.05, 0) is 26.5 Å². The van der Waals surface area contributed by atoms with Crippen LogP contribution in [0.5, 0.6) is 0 Å². The summed E-state index contributed by atoms with van der Waals surface area (Å²) in [5, 5.41) is 0.594. The van der Waals surface area contributed by atoms with Crippen molar-refractivity contribution in [1.29, 1.82) is 0 Å². The van der Waals surface area contributed by atoms with E-state index in [1.54, 1.807) is 21.6 Å². The molecule has 0 atom stereocenters. The summed E-state index contributed by atoms with van der Waals surface area (Å²) < 4.78 is -0.0442. The Kier molecular flexibility index (Phi) is 5.52. The zero-order chi connectivity index (χ0) is 13.8. The molecule has 0 saturated carbocycles. The van der Waals surface area contributed by atoms with Gasteiger partial charge in [0.15, 0.2) is 0 Å². The number of carbonyl (C=O) groups excluding carboxylic acids is 3. The monoisotopic (exact) mass is 291 g/mol. The van der Waals surface area contributed by atoms with Gasteiger partial charge in [-0.25, -0.2) is 4.79 Å². The summed E-state index contributed by atoms with van der Waals surface area (Å²) >= 11 is 0. The molecule has 0 aliphatic carbocycles. The van der Waals surface area contributed by atoms with Crippen molar-refractivity contribution in [3.05, 3.63) is 0 Å². The van der Waals surface area contributed by atoms with E-state index in [4.69, 9.17) is 4.84 Å². The van der Waals surface area contributed by atoms with Gasteiger partial charge in [-0.15, -0.1) is 5.06 Å². The molecule has 1 aliphatic heterocycles. The molecule has 7 heteroatoms. The largest absolute Gasteiger partial charge is 0.333 e. The predicted molar refractivity (Wildman–Crippen MR) is 71.6 cm³/mol. The van der Waals surface area contributed by atoms with Crippen LogP contribution < -0.4 is 0 Å². The molecular weight excluding hydrogens is 274 g/mol. The van der Waals surface area contributed by atoms with E-state index in [9.17, 15) is 14.4 Å². The van der Waals surface area contributed by atoms with Gasteiger partial charge in [0.05, 0.1) is 0 Å². The quantitative estimate of drug-likeness (QED) is 0.552. The summed E-state index contributed by atoms with van der Waals surface area (Å²) in [6.07, 6.45) is 3.05. The number of hydrogen-bond acceptors (Lipinski definition) is 6. The molecule has 2 amide bonds. The summed E-state index contributed by atoms with van der Waals surface area (Å²) in [5.41, 5.74) is 0. The minimum absolute atomic E-state index is 0.0442. The van der Waals surface area contributed by atoms with E-state index in [0.717, 1.165) is 0 Å². The smallest absolute Gasteiger partial charge is 0.330 e. The Morgan fingerprint density at radius 2 is 1.89 bits per heavy atom. The second-order valence-corrected chi connectivity index (χ2v) is 7.66. The van der Waals surface area contributed by atoms with E-state index < -0.39 is 17.8 Å². The van der Waals surface area contributed by atoms with E-state index in [1.807, 2.05) is 20.1 Å². The Labute approximate surface area is 114 Å². The van der Waals surface area contributed by atoms with E-state index in [1.165, 1.54) is 0 Å². The van der Waals surface area contributed by atoms with E-state index in [2.05, 4.69) is 0 Å². The Morgan fingerprint density at radius 3 is 2.39 bits per heavy atom. The normalized spacial score (nSPS) is 16.3. The lowest BCUT2D eigenvalue weighted by molar-refractivity contribution is -0.197. The first-order valence-corrected chi connectivity index (χ1v) is 8.20. The Bertz CT molecular complexity index is 341. The first-order valence-electron chi connectivity index (χ1n) is 5.64. The second-order valence-electron chi connectivity index (χ2n) is 4.55. The van der Waals surface area contributed by atoms with Crippen LogP contribution in [0.1, 0.15) is 39.5 Å². The molecule has 0 aromatic heterocycles. The maximum absolute atomic E-state index is 11.6. The molecule has 0 radical (unpaired) electrons. The van der Waals surface area contributed by atoms with Gasteiger partial charge in [0.2, 0.25) is 0 Å². The highest BCUT2D eigenvalue weighted by Crippen LogP contribution is 2.37. The average molecular weight is 291 g/mol. The van der Waals surface area contributed by atoms with Crippen LogP contribution in [0.2, 0.25) is 0 Å². The third kappa shape index (κ3) is 4.53. The molecule has 0 aromatic rings. The molecule has 0 aromatic carbocycles. The van der Waals surface area contributed by atoms with Crippen molar-refractivity contribution in [2.75, 3.05) is 6.26 Å². The lowest BCUT2D eigenvalue weighted by Crippen LogP contribution is -2.32. The highest BCUT2D eigenvalue weighted by Gasteiger charge is 2.33. The van der Waals surface area contributed by atoms with Crippen molar-refractivity contribution < 1.29 is 19.2 Å². The number of hydrogen-bond donors (Lipinski definition) is 0. The fourth-order valence-corrected chi connectivity index (χ4v) is 3.72. The van der Waals surface area contributed by atoms with Crippen LogP contribution in [0.15, 0.2) is 0 Å². The van der Waals surface area contributed by atoms with Crippen molar-refractivity contribution in [1.82, 2.24) is 5.06 Å². The van der Waals surface area contributed by atoms with Gasteiger partial charge in [-0.3, -0.25) is 9.59 Å². The summed E-state index contributed by atoms with van der Waals surface area (Å²) in [6, 6.07) is 0. The zero-order valence-electron chi connectivity index (χ0n) is 10.7. The van der Waals surface area contributed by atoms with E-state index >= 15 is 0 Å². The summed E-state index contributed by atoms with van der Waals surface area (Å²) in [6.45, 7) is 4.07. The van der Waals surface area contributed by atoms with Crippen LogP contribution in [0.25, 0.3) is 0 Å². The molecule has 0 bridgehead atoms. The van der Waals surface area contributed by atoms with Crippen molar-refractivity contribution in [2.24, 2.45) is 0 Å². The maximum atomic E-state index is 11.6. The molecule has 1 aliphatic rings. The fraction of sp³-hybridized carbons (Fsp3) is 0.727. The van der Waals surface area contributed by atoms with Crippen molar-refractivity contribution in [2.45, 2.75) is 44.3 Å². The number of hydroxylamine groups is 2. The topological polar surface area (TPSA) is 63.7 Å². The first kappa shape index (κ1) is 15.4. The SMILES string of the molecule is CSSC(C)(C)CCC(=O)ON1C(=O)CCC1=O. The molecule has 18 heavy (non-hydrogen) atoms. The van der Waals surface area contributed by atoms with Crippen LogP contribution in [-0.4, -0.2) is 33.8 Å². The van der Waals surface area contributed by atoms with Crippen LogP contribution in [0.4, 0.5) is 0 Å². The number of rotatable bonds is 6. The molecule has 1 saturated heterocycles. The molecule has 1 fully saturated rings. The van der Waals surface area contributed by atoms with Gasteiger partial charge in [-0.2, -0.15) is 0 Å². The highest BCUT2D eigenvalue weighted by molar-refractivity contribution is 8.76. The fourth-order valence-electron chi connectivity index (χ4n) is 1.48. The number of nitrogens with zero attached hydrogens (tertiary/aromatic N) is 1. The molecule has 1 rings (SSSR count). The maximum Gasteiger partial charge on any atom is 0.333 e. The molecule has 0 N–H and O–H groups in total.